The van der Waals surface area contributed by atoms with Crippen LogP contribution in [0.4, 0.5) is 5.13 Å². The first-order valence-electron chi connectivity index (χ1n) is 10.6. The monoisotopic (exact) mass is 452 g/mol. The van der Waals surface area contributed by atoms with Crippen molar-refractivity contribution >= 4 is 28.1 Å². The zero-order valence-electron chi connectivity index (χ0n) is 18.5. The van der Waals surface area contributed by atoms with E-state index < -0.39 is 0 Å². The van der Waals surface area contributed by atoms with Crippen LogP contribution in [0.3, 0.4) is 0 Å². The number of hydrogen-bond acceptors (Lipinski definition) is 4. The summed E-state index contributed by atoms with van der Waals surface area (Å²) < 4.78 is 5.38. The molecule has 2 unspecified atom stereocenters. The number of halogens is 1. The fourth-order valence-electron chi connectivity index (χ4n) is 3.81. The molecule has 0 fully saturated rings. The van der Waals surface area contributed by atoms with Crippen molar-refractivity contribution in [3.8, 4) is 29.4 Å². The molecule has 31 heavy (non-hydrogen) atoms. The highest BCUT2D eigenvalue weighted by atomic mass is 35.5. The van der Waals surface area contributed by atoms with Crippen LogP contribution in [-0.2, 0) is 0 Å². The maximum atomic E-state index is 6.55. The molecular formula is C26H29ClN2OS. The van der Waals surface area contributed by atoms with E-state index in [1.807, 2.05) is 25.1 Å². The second-order valence-electron chi connectivity index (χ2n) is 7.67. The lowest BCUT2D eigenvalue weighted by atomic mass is 9.87. The number of rotatable bonds is 9. The topological polar surface area (TPSA) is 34.2 Å². The van der Waals surface area contributed by atoms with E-state index in [0.717, 1.165) is 51.8 Å². The molecule has 0 amide bonds. The SMILES string of the molecule is C#CC(Nc1nc(-c2cc(C)c(OC)cc2Cl)c(C)s1)C(CCCC)c1ccccc1. The minimum atomic E-state index is -0.138. The average molecular weight is 453 g/mol. The van der Waals surface area contributed by atoms with E-state index in [4.69, 9.17) is 27.7 Å². The predicted molar refractivity (Wildman–Crippen MR) is 134 cm³/mol. The van der Waals surface area contributed by atoms with Crippen LogP contribution in [-0.4, -0.2) is 18.1 Å². The van der Waals surface area contributed by atoms with Gasteiger partial charge >= 0.3 is 0 Å². The molecule has 3 aromatic rings. The van der Waals surface area contributed by atoms with Gasteiger partial charge in [0.15, 0.2) is 5.13 Å². The molecule has 0 saturated carbocycles. The minimum absolute atomic E-state index is 0.138. The van der Waals surface area contributed by atoms with E-state index in [9.17, 15) is 0 Å². The van der Waals surface area contributed by atoms with Gasteiger partial charge in [-0.1, -0.05) is 67.6 Å². The molecule has 5 heteroatoms. The van der Waals surface area contributed by atoms with Crippen molar-refractivity contribution in [2.45, 2.75) is 52.0 Å². The zero-order chi connectivity index (χ0) is 22.4. The number of anilines is 1. The van der Waals surface area contributed by atoms with Gasteiger partial charge in [-0.15, -0.1) is 17.8 Å². The smallest absolute Gasteiger partial charge is 0.184 e. The molecule has 1 aromatic heterocycles. The second-order valence-corrected chi connectivity index (χ2v) is 9.28. The largest absolute Gasteiger partial charge is 0.496 e. The molecule has 0 saturated heterocycles. The number of hydrogen-bond donors (Lipinski definition) is 1. The molecule has 3 rings (SSSR count). The van der Waals surface area contributed by atoms with Gasteiger partial charge < -0.3 is 10.1 Å². The van der Waals surface area contributed by atoms with Crippen molar-refractivity contribution in [1.29, 1.82) is 0 Å². The first kappa shape index (κ1) is 23.2. The highest BCUT2D eigenvalue weighted by Crippen LogP contribution is 2.38. The highest BCUT2D eigenvalue weighted by Gasteiger charge is 2.23. The molecule has 0 bridgehead atoms. The molecule has 3 nitrogen and oxygen atoms in total. The summed E-state index contributed by atoms with van der Waals surface area (Å²) in [6.45, 7) is 6.27. The molecule has 1 heterocycles. The molecule has 2 atom stereocenters. The Hall–Kier alpha value is -2.48. The Kier molecular flexibility index (Phi) is 8.01. The third kappa shape index (κ3) is 5.42. The fraction of sp³-hybridized carbons (Fsp3) is 0.346. The number of aromatic nitrogens is 1. The lowest BCUT2D eigenvalue weighted by Crippen LogP contribution is -2.26. The van der Waals surface area contributed by atoms with Gasteiger partial charge in [0.25, 0.3) is 0 Å². The van der Waals surface area contributed by atoms with E-state index >= 15 is 0 Å². The highest BCUT2D eigenvalue weighted by molar-refractivity contribution is 7.16. The molecule has 0 aliphatic heterocycles. The summed E-state index contributed by atoms with van der Waals surface area (Å²) in [4.78, 5) is 5.96. The van der Waals surface area contributed by atoms with Crippen molar-refractivity contribution < 1.29 is 4.74 Å². The number of benzene rings is 2. The van der Waals surface area contributed by atoms with Crippen LogP contribution in [0.1, 0.15) is 48.1 Å². The lowest BCUT2D eigenvalue weighted by Gasteiger charge is -2.24. The van der Waals surface area contributed by atoms with Crippen LogP contribution < -0.4 is 10.1 Å². The maximum Gasteiger partial charge on any atom is 0.184 e. The first-order valence-corrected chi connectivity index (χ1v) is 11.8. The Morgan fingerprint density at radius 2 is 1.97 bits per heavy atom. The fourth-order valence-corrected chi connectivity index (χ4v) is 4.92. The van der Waals surface area contributed by atoms with E-state index in [-0.39, 0.29) is 12.0 Å². The van der Waals surface area contributed by atoms with Crippen LogP contribution in [0.15, 0.2) is 42.5 Å². The predicted octanol–water partition coefficient (Wildman–Crippen LogP) is 7.48. The molecule has 2 aromatic carbocycles. The summed E-state index contributed by atoms with van der Waals surface area (Å²) in [7, 11) is 1.65. The summed E-state index contributed by atoms with van der Waals surface area (Å²) >= 11 is 8.15. The maximum absolute atomic E-state index is 6.55. The van der Waals surface area contributed by atoms with Crippen LogP contribution >= 0.6 is 22.9 Å². The Balaban J connectivity index is 1.90. The quantitative estimate of drug-likeness (QED) is 0.342. The van der Waals surface area contributed by atoms with Crippen LogP contribution in [0.5, 0.6) is 5.75 Å². The summed E-state index contributed by atoms with van der Waals surface area (Å²) in [6.07, 6.45) is 9.29. The average Bonchev–Trinajstić information content (AvgIpc) is 3.14. The zero-order valence-corrected chi connectivity index (χ0v) is 20.1. The van der Waals surface area contributed by atoms with Gasteiger partial charge in [-0.3, -0.25) is 0 Å². The Morgan fingerprint density at radius 3 is 2.61 bits per heavy atom. The van der Waals surface area contributed by atoms with Crippen molar-refractivity contribution in [3.63, 3.8) is 0 Å². The van der Waals surface area contributed by atoms with E-state index in [1.54, 1.807) is 18.4 Å². The van der Waals surface area contributed by atoms with Gasteiger partial charge in [-0.25, -0.2) is 4.98 Å². The minimum Gasteiger partial charge on any atom is -0.496 e. The number of nitrogens with zero attached hydrogens (tertiary/aromatic N) is 1. The van der Waals surface area contributed by atoms with Gasteiger partial charge in [-0.2, -0.15) is 0 Å². The van der Waals surface area contributed by atoms with Crippen LogP contribution in [0.25, 0.3) is 11.3 Å². The summed E-state index contributed by atoms with van der Waals surface area (Å²) in [5.41, 5.74) is 4.07. The van der Waals surface area contributed by atoms with Crippen LogP contribution in [0, 0.1) is 26.2 Å². The third-order valence-corrected chi connectivity index (χ3v) is 6.71. The Labute approximate surface area is 194 Å². The van der Waals surface area contributed by atoms with Gasteiger partial charge in [0.1, 0.15) is 5.75 Å². The Bertz CT molecular complexity index is 1060. The van der Waals surface area contributed by atoms with E-state index in [1.165, 1.54) is 5.56 Å². The summed E-state index contributed by atoms with van der Waals surface area (Å²) in [5, 5.41) is 4.97. The summed E-state index contributed by atoms with van der Waals surface area (Å²) in [6, 6.07) is 14.2. The Morgan fingerprint density at radius 1 is 1.23 bits per heavy atom. The molecule has 0 aliphatic carbocycles. The number of thiazole rings is 1. The van der Waals surface area contributed by atoms with Crippen molar-refractivity contribution in [3.05, 3.63) is 63.5 Å². The van der Waals surface area contributed by atoms with Crippen molar-refractivity contribution in [2.75, 3.05) is 12.4 Å². The summed E-state index contributed by atoms with van der Waals surface area (Å²) in [5.74, 6) is 3.97. The second kappa shape index (κ2) is 10.7. The number of nitrogens with one attached hydrogen (secondary N) is 1. The molecule has 0 aliphatic rings. The molecule has 1 N–H and O–H groups in total. The number of aryl methyl sites for hydroxylation is 2. The normalized spacial score (nSPS) is 12.8. The third-order valence-electron chi connectivity index (χ3n) is 5.49. The van der Waals surface area contributed by atoms with Gasteiger partial charge in [0, 0.05) is 16.4 Å². The van der Waals surface area contributed by atoms with Gasteiger partial charge in [0.05, 0.1) is 23.9 Å². The number of methoxy groups -OCH3 is 1. The molecule has 0 spiro atoms. The number of unbranched alkanes of at least 4 members (excludes halogenated alkanes) is 1. The van der Waals surface area contributed by atoms with Gasteiger partial charge in [0.2, 0.25) is 0 Å². The standard InChI is InChI=1S/C26H29ClN2OS/c1-6-8-14-20(19-12-10-9-11-13-19)23(7-2)28-26-29-25(18(4)31-26)21-15-17(3)24(30-5)16-22(21)27/h2,9-13,15-16,20,23H,6,8,14H2,1,3-5H3,(H,28,29). The van der Waals surface area contributed by atoms with Crippen LogP contribution in [0.2, 0.25) is 5.02 Å². The molecular weight excluding hydrogens is 424 g/mol. The van der Waals surface area contributed by atoms with E-state index in [0.29, 0.717) is 5.02 Å². The lowest BCUT2D eigenvalue weighted by molar-refractivity contribution is 0.412. The number of ether oxygens (including phenoxy) is 1. The van der Waals surface area contributed by atoms with Gasteiger partial charge in [-0.05, 0) is 43.5 Å². The number of terminal acetylenes is 1. The van der Waals surface area contributed by atoms with Crippen molar-refractivity contribution in [2.24, 2.45) is 0 Å². The van der Waals surface area contributed by atoms with Crippen molar-refractivity contribution in [1.82, 2.24) is 4.98 Å². The molecule has 162 valence electrons. The first-order chi connectivity index (χ1) is 15.0. The molecule has 0 radical (unpaired) electrons. The van der Waals surface area contributed by atoms with E-state index in [2.05, 4.69) is 49.4 Å².